The van der Waals surface area contributed by atoms with E-state index in [1.807, 2.05) is 33.9 Å². The van der Waals surface area contributed by atoms with Crippen LogP contribution in [0, 0.1) is 11.8 Å². The highest BCUT2D eigenvalue weighted by Crippen LogP contribution is 2.39. The summed E-state index contributed by atoms with van der Waals surface area (Å²) in [4.78, 5) is 14.3. The van der Waals surface area contributed by atoms with Crippen LogP contribution in [0.3, 0.4) is 0 Å². The molecule has 0 aromatic carbocycles. The maximum atomic E-state index is 12.5. The average molecular weight is 412 g/mol. The Labute approximate surface area is 175 Å². The van der Waals surface area contributed by atoms with Gasteiger partial charge in [0.2, 0.25) is 0 Å². The molecule has 1 unspecified atom stereocenters. The first-order valence-electron chi connectivity index (χ1n) is 10.9. The van der Waals surface area contributed by atoms with Gasteiger partial charge >= 0.3 is 6.09 Å². The van der Waals surface area contributed by atoms with Crippen molar-refractivity contribution in [2.75, 3.05) is 13.7 Å². The first-order valence-corrected chi connectivity index (χ1v) is 13.8. The molecule has 0 heterocycles. The predicted octanol–water partition coefficient (Wildman–Crippen LogP) is 6.63. The first kappa shape index (κ1) is 25.2. The molecule has 1 aliphatic rings. The van der Waals surface area contributed by atoms with Gasteiger partial charge in [-0.1, -0.05) is 26.8 Å². The summed E-state index contributed by atoms with van der Waals surface area (Å²) in [5.74, 6) is 1.14. The van der Waals surface area contributed by atoms with E-state index in [0.717, 1.165) is 25.9 Å². The van der Waals surface area contributed by atoms with Crippen LogP contribution in [0.15, 0.2) is 12.7 Å². The molecule has 0 spiro atoms. The predicted molar refractivity (Wildman–Crippen MR) is 121 cm³/mol. The maximum Gasteiger partial charge on any atom is 0.410 e. The van der Waals surface area contributed by atoms with Crippen molar-refractivity contribution in [1.82, 2.24) is 4.90 Å². The molecule has 1 rings (SSSR count). The third-order valence-corrected chi connectivity index (χ3v) is 11.0. The lowest BCUT2D eigenvalue weighted by molar-refractivity contribution is 0.0124. The van der Waals surface area contributed by atoms with Gasteiger partial charge in [0.25, 0.3) is 0 Å². The molecule has 0 radical (unpaired) electrons. The Morgan fingerprint density at radius 2 is 1.68 bits per heavy atom. The van der Waals surface area contributed by atoms with Crippen LogP contribution in [0.2, 0.25) is 18.1 Å². The molecule has 0 aromatic heterocycles. The third kappa shape index (κ3) is 7.55. The number of ether oxygens (including phenoxy) is 1. The topological polar surface area (TPSA) is 38.8 Å². The molecular formula is C23H45NO3Si. The van der Waals surface area contributed by atoms with Crippen LogP contribution >= 0.6 is 0 Å². The molecule has 0 bridgehead atoms. The highest BCUT2D eigenvalue weighted by molar-refractivity contribution is 6.74. The van der Waals surface area contributed by atoms with Crippen LogP contribution in [0.1, 0.15) is 73.6 Å². The van der Waals surface area contributed by atoms with Gasteiger partial charge in [-0.15, -0.1) is 6.58 Å². The largest absolute Gasteiger partial charge is 0.444 e. The molecule has 0 aromatic rings. The zero-order valence-electron chi connectivity index (χ0n) is 19.9. The first-order chi connectivity index (χ1) is 12.7. The highest BCUT2D eigenvalue weighted by Gasteiger charge is 2.38. The highest BCUT2D eigenvalue weighted by atomic mass is 28.4. The van der Waals surface area contributed by atoms with Gasteiger partial charge in [-0.2, -0.15) is 0 Å². The maximum absolute atomic E-state index is 12.5. The number of hydrogen-bond donors (Lipinski definition) is 0. The number of carbonyl (C=O) groups excluding carboxylic acids is 1. The molecule has 0 aliphatic heterocycles. The van der Waals surface area contributed by atoms with Crippen molar-refractivity contribution in [1.29, 1.82) is 0 Å². The zero-order valence-corrected chi connectivity index (χ0v) is 20.9. The molecule has 4 nitrogen and oxygen atoms in total. The summed E-state index contributed by atoms with van der Waals surface area (Å²) in [6, 6.07) is 0.162. The summed E-state index contributed by atoms with van der Waals surface area (Å²) in [7, 11) is 0.191. The van der Waals surface area contributed by atoms with Crippen LogP contribution in [0.25, 0.3) is 0 Å². The Kier molecular flexibility index (Phi) is 8.82. The summed E-state index contributed by atoms with van der Waals surface area (Å²) in [6.45, 7) is 22.1. The minimum absolute atomic E-state index is 0.162. The Morgan fingerprint density at radius 1 is 1.14 bits per heavy atom. The standard InChI is InChI=1S/C23H45NO3Si/c1-11-12-20(24(8)21(25)27-22(2,3)4)19-15-13-18(14-16-19)17-26-28(9,10)23(5,6)7/h11,18-20H,1,12-17H2,2-10H3. The number of hydrogen-bond acceptors (Lipinski definition) is 3. The second-order valence-corrected chi connectivity index (χ2v) is 15.8. The smallest absolute Gasteiger partial charge is 0.410 e. The fourth-order valence-corrected chi connectivity index (χ4v) is 4.67. The van der Waals surface area contributed by atoms with Gasteiger partial charge in [-0.05, 0) is 82.8 Å². The van der Waals surface area contributed by atoms with E-state index in [1.54, 1.807) is 4.90 Å². The van der Waals surface area contributed by atoms with Crippen molar-refractivity contribution in [3.8, 4) is 0 Å². The summed E-state index contributed by atoms with van der Waals surface area (Å²) in [5.41, 5.74) is -0.469. The van der Waals surface area contributed by atoms with Crippen molar-refractivity contribution in [2.45, 2.75) is 103 Å². The van der Waals surface area contributed by atoms with Crippen LogP contribution < -0.4 is 0 Å². The zero-order chi connectivity index (χ0) is 21.8. The molecule has 1 saturated carbocycles. The van der Waals surface area contributed by atoms with Crippen molar-refractivity contribution in [2.24, 2.45) is 11.8 Å². The number of amides is 1. The fourth-order valence-electron chi connectivity index (χ4n) is 3.59. The van der Waals surface area contributed by atoms with Crippen LogP contribution in [-0.2, 0) is 9.16 Å². The van der Waals surface area contributed by atoms with Gasteiger partial charge in [0, 0.05) is 19.7 Å². The third-order valence-electron chi connectivity index (χ3n) is 6.51. The molecule has 28 heavy (non-hydrogen) atoms. The average Bonchev–Trinajstić information content (AvgIpc) is 2.55. The second kappa shape index (κ2) is 9.79. The van der Waals surface area contributed by atoms with E-state index in [0.29, 0.717) is 11.8 Å². The minimum Gasteiger partial charge on any atom is -0.444 e. The van der Waals surface area contributed by atoms with E-state index in [1.165, 1.54) is 12.8 Å². The van der Waals surface area contributed by atoms with Crippen LogP contribution in [-0.4, -0.2) is 44.6 Å². The molecule has 0 N–H and O–H groups in total. The SMILES string of the molecule is C=CCC(C1CCC(CO[Si](C)(C)C(C)(C)C)CC1)N(C)C(=O)OC(C)(C)C. The van der Waals surface area contributed by atoms with E-state index in [9.17, 15) is 4.79 Å². The molecule has 1 aliphatic carbocycles. The summed E-state index contributed by atoms with van der Waals surface area (Å²) in [6.07, 6.45) is 7.13. The molecular weight excluding hydrogens is 366 g/mol. The Bertz CT molecular complexity index is 511. The summed E-state index contributed by atoms with van der Waals surface area (Å²) >= 11 is 0. The van der Waals surface area contributed by atoms with Crippen molar-refractivity contribution in [3.05, 3.63) is 12.7 Å². The monoisotopic (exact) mass is 411 g/mol. The lowest BCUT2D eigenvalue weighted by Gasteiger charge is -2.40. The molecule has 1 atom stereocenters. The quantitative estimate of drug-likeness (QED) is 0.349. The fraction of sp³-hybridized carbons (Fsp3) is 0.870. The normalized spacial score (nSPS) is 22.5. The van der Waals surface area contributed by atoms with Gasteiger partial charge < -0.3 is 14.1 Å². The summed E-state index contributed by atoms with van der Waals surface area (Å²) in [5, 5.41) is 0.259. The molecule has 5 heteroatoms. The van der Waals surface area contributed by atoms with E-state index >= 15 is 0 Å². The van der Waals surface area contributed by atoms with Crippen molar-refractivity contribution < 1.29 is 14.0 Å². The van der Waals surface area contributed by atoms with E-state index in [-0.39, 0.29) is 17.2 Å². The molecule has 1 fully saturated rings. The Hall–Kier alpha value is -0.813. The molecule has 164 valence electrons. The van der Waals surface area contributed by atoms with Crippen LogP contribution in [0.4, 0.5) is 4.79 Å². The van der Waals surface area contributed by atoms with E-state index in [2.05, 4.69) is 40.4 Å². The van der Waals surface area contributed by atoms with Crippen molar-refractivity contribution in [3.63, 3.8) is 0 Å². The van der Waals surface area contributed by atoms with Gasteiger partial charge in [0.1, 0.15) is 5.60 Å². The van der Waals surface area contributed by atoms with Gasteiger partial charge in [-0.25, -0.2) is 4.79 Å². The number of carbonyl (C=O) groups is 1. The van der Waals surface area contributed by atoms with Gasteiger partial charge in [-0.3, -0.25) is 0 Å². The van der Waals surface area contributed by atoms with Gasteiger partial charge in [0.05, 0.1) is 0 Å². The number of nitrogens with zero attached hydrogens (tertiary/aromatic N) is 1. The Balaban J connectivity index is 2.62. The van der Waals surface area contributed by atoms with E-state index < -0.39 is 13.9 Å². The Morgan fingerprint density at radius 3 is 2.11 bits per heavy atom. The number of rotatable bonds is 7. The second-order valence-electron chi connectivity index (χ2n) is 11.0. The molecule has 1 amide bonds. The summed E-state index contributed by atoms with van der Waals surface area (Å²) < 4.78 is 12.0. The lowest BCUT2D eigenvalue weighted by Crippen LogP contribution is -2.45. The van der Waals surface area contributed by atoms with Crippen molar-refractivity contribution >= 4 is 14.4 Å². The minimum atomic E-state index is -1.68. The van der Waals surface area contributed by atoms with Gasteiger partial charge in [0.15, 0.2) is 8.32 Å². The van der Waals surface area contributed by atoms with E-state index in [4.69, 9.17) is 9.16 Å². The lowest BCUT2D eigenvalue weighted by atomic mass is 9.77. The van der Waals surface area contributed by atoms with Crippen LogP contribution in [0.5, 0.6) is 0 Å². The molecule has 0 saturated heterocycles.